The van der Waals surface area contributed by atoms with Crippen LogP contribution < -0.4 is 10.5 Å². The summed E-state index contributed by atoms with van der Waals surface area (Å²) in [5, 5.41) is 0.782. The molecule has 3 nitrogen and oxygen atoms in total. The van der Waals surface area contributed by atoms with Gasteiger partial charge in [-0.2, -0.15) is 0 Å². The summed E-state index contributed by atoms with van der Waals surface area (Å²) in [4.78, 5) is 0. The van der Waals surface area contributed by atoms with E-state index in [2.05, 4.69) is 0 Å². The van der Waals surface area contributed by atoms with Crippen LogP contribution in [0.3, 0.4) is 0 Å². The van der Waals surface area contributed by atoms with E-state index in [0.29, 0.717) is 0 Å². The van der Waals surface area contributed by atoms with Crippen molar-refractivity contribution in [3.63, 3.8) is 0 Å². The van der Waals surface area contributed by atoms with Crippen molar-refractivity contribution in [3.8, 4) is 5.75 Å². The predicted molar refractivity (Wildman–Crippen MR) is 71.3 cm³/mol. The molecular weight excluding hydrogens is 250 g/mol. The summed E-state index contributed by atoms with van der Waals surface area (Å²) < 4.78 is 11.1. The molecule has 2 heterocycles. The highest BCUT2D eigenvalue weighted by Crippen LogP contribution is 2.36. The average Bonchev–Trinajstić information content (AvgIpc) is 2.77. The first-order chi connectivity index (χ1) is 8.66. The number of hydrogen-bond donors (Lipinski definition) is 1. The van der Waals surface area contributed by atoms with Crippen molar-refractivity contribution < 1.29 is 9.47 Å². The third-order valence-corrected chi connectivity index (χ3v) is 4.07. The van der Waals surface area contributed by atoms with Gasteiger partial charge in [-0.1, -0.05) is 11.6 Å². The van der Waals surface area contributed by atoms with E-state index in [-0.39, 0.29) is 5.54 Å². The number of halogens is 1. The molecule has 1 saturated heterocycles. The zero-order valence-electron chi connectivity index (χ0n) is 10.4. The summed E-state index contributed by atoms with van der Waals surface area (Å²) in [6, 6.07) is 4.00. The Kier molecular flexibility index (Phi) is 3.22. The first kappa shape index (κ1) is 12.3. The third kappa shape index (κ3) is 2.35. The van der Waals surface area contributed by atoms with E-state index in [1.807, 2.05) is 12.1 Å². The maximum Gasteiger partial charge on any atom is 0.125 e. The minimum atomic E-state index is -0.178. The Hall–Kier alpha value is -0.770. The van der Waals surface area contributed by atoms with E-state index in [4.69, 9.17) is 26.8 Å². The SMILES string of the molecule is NC1(Cc2cc(Cl)cc3c2OCC3)CCOCC1. The van der Waals surface area contributed by atoms with Gasteiger partial charge < -0.3 is 15.2 Å². The quantitative estimate of drug-likeness (QED) is 0.894. The highest BCUT2D eigenvalue weighted by molar-refractivity contribution is 6.30. The highest BCUT2D eigenvalue weighted by atomic mass is 35.5. The fourth-order valence-corrected chi connectivity index (χ4v) is 3.07. The van der Waals surface area contributed by atoms with Crippen LogP contribution in [0.2, 0.25) is 5.02 Å². The second kappa shape index (κ2) is 4.72. The van der Waals surface area contributed by atoms with Crippen LogP contribution in [0.4, 0.5) is 0 Å². The number of fused-ring (bicyclic) bond motifs is 1. The van der Waals surface area contributed by atoms with Gasteiger partial charge in [-0.3, -0.25) is 0 Å². The fraction of sp³-hybridized carbons (Fsp3) is 0.571. The van der Waals surface area contributed by atoms with Crippen molar-refractivity contribution in [1.29, 1.82) is 0 Å². The number of rotatable bonds is 2. The molecule has 1 aromatic rings. The standard InChI is InChI=1S/C14H18ClNO2/c15-12-7-10-1-4-18-13(10)11(8-12)9-14(16)2-5-17-6-3-14/h7-8H,1-6,9,16H2. The zero-order valence-corrected chi connectivity index (χ0v) is 11.1. The number of nitrogens with two attached hydrogens (primary N) is 1. The Balaban J connectivity index is 1.88. The van der Waals surface area contributed by atoms with Gasteiger partial charge in [0.15, 0.2) is 0 Å². The molecule has 1 aromatic carbocycles. The topological polar surface area (TPSA) is 44.5 Å². The van der Waals surface area contributed by atoms with Crippen LogP contribution in [0, 0.1) is 0 Å². The molecule has 0 amide bonds. The van der Waals surface area contributed by atoms with Crippen molar-refractivity contribution in [2.75, 3.05) is 19.8 Å². The molecule has 2 N–H and O–H groups in total. The lowest BCUT2D eigenvalue weighted by Gasteiger charge is -2.33. The number of hydrogen-bond acceptors (Lipinski definition) is 3. The maximum atomic E-state index is 6.46. The van der Waals surface area contributed by atoms with Gasteiger partial charge >= 0.3 is 0 Å². The summed E-state index contributed by atoms with van der Waals surface area (Å²) >= 11 is 6.17. The molecule has 0 aliphatic carbocycles. The lowest BCUT2D eigenvalue weighted by Crippen LogP contribution is -2.46. The van der Waals surface area contributed by atoms with E-state index in [1.54, 1.807) is 0 Å². The van der Waals surface area contributed by atoms with Gasteiger partial charge in [0.2, 0.25) is 0 Å². The lowest BCUT2D eigenvalue weighted by molar-refractivity contribution is 0.0531. The monoisotopic (exact) mass is 267 g/mol. The summed E-state index contributed by atoms with van der Waals surface area (Å²) in [7, 11) is 0. The van der Waals surface area contributed by atoms with Crippen molar-refractivity contribution in [3.05, 3.63) is 28.3 Å². The molecule has 0 spiro atoms. The first-order valence-corrected chi connectivity index (χ1v) is 6.85. The molecule has 3 rings (SSSR count). The predicted octanol–water partition coefficient (Wildman–Crippen LogP) is 2.33. The van der Waals surface area contributed by atoms with Crippen molar-refractivity contribution in [2.24, 2.45) is 5.73 Å². The van der Waals surface area contributed by atoms with Gasteiger partial charge in [0.25, 0.3) is 0 Å². The zero-order chi connectivity index (χ0) is 12.6. The van der Waals surface area contributed by atoms with Crippen LogP contribution in [-0.2, 0) is 17.6 Å². The second-order valence-corrected chi connectivity index (χ2v) is 5.74. The minimum Gasteiger partial charge on any atom is -0.493 e. The van der Waals surface area contributed by atoms with Crippen molar-refractivity contribution in [1.82, 2.24) is 0 Å². The molecule has 0 atom stereocenters. The molecule has 4 heteroatoms. The molecule has 18 heavy (non-hydrogen) atoms. The minimum absolute atomic E-state index is 0.178. The highest BCUT2D eigenvalue weighted by Gasteiger charge is 2.30. The van der Waals surface area contributed by atoms with Gasteiger partial charge in [0.1, 0.15) is 5.75 Å². The summed E-state index contributed by atoms with van der Waals surface area (Å²) in [6.07, 6.45) is 3.56. The Morgan fingerprint density at radius 2 is 2.00 bits per heavy atom. The van der Waals surface area contributed by atoms with Gasteiger partial charge in [-0.15, -0.1) is 0 Å². The van der Waals surface area contributed by atoms with E-state index >= 15 is 0 Å². The van der Waals surface area contributed by atoms with Crippen LogP contribution in [0.25, 0.3) is 0 Å². The molecule has 0 unspecified atom stereocenters. The van der Waals surface area contributed by atoms with Gasteiger partial charge in [0.05, 0.1) is 6.61 Å². The number of benzene rings is 1. The smallest absolute Gasteiger partial charge is 0.125 e. The second-order valence-electron chi connectivity index (χ2n) is 5.30. The molecule has 98 valence electrons. The lowest BCUT2D eigenvalue weighted by atomic mass is 9.84. The molecule has 2 aliphatic heterocycles. The number of ether oxygens (including phenoxy) is 2. The normalized spacial score (nSPS) is 21.4. The maximum absolute atomic E-state index is 6.46. The van der Waals surface area contributed by atoms with E-state index in [1.165, 1.54) is 5.56 Å². The van der Waals surface area contributed by atoms with Crippen molar-refractivity contribution in [2.45, 2.75) is 31.2 Å². The van der Waals surface area contributed by atoms with Crippen LogP contribution in [-0.4, -0.2) is 25.4 Å². The van der Waals surface area contributed by atoms with Crippen LogP contribution >= 0.6 is 11.6 Å². The van der Waals surface area contributed by atoms with Gasteiger partial charge in [-0.25, -0.2) is 0 Å². The molecular formula is C14H18ClNO2. The van der Waals surface area contributed by atoms with Gasteiger partial charge in [-0.05, 0) is 42.5 Å². The summed E-state index contributed by atoms with van der Waals surface area (Å²) in [5.41, 5.74) is 8.65. The Morgan fingerprint density at radius 3 is 2.78 bits per heavy atom. The molecule has 0 radical (unpaired) electrons. The molecule has 0 aromatic heterocycles. The molecule has 2 aliphatic rings. The first-order valence-electron chi connectivity index (χ1n) is 6.47. The van der Waals surface area contributed by atoms with Crippen LogP contribution in [0.5, 0.6) is 5.75 Å². The van der Waals surface area contributed by atoms with Crippen LogP contribution in [0.1, 0.15) is 24.0 Å². The molecule has 0 saturated carbocycles. The van der Waals surface area contributed by atoms with E-state index < -0.39 is 0 Å². The average molecular weight is 268 g/mol. The van der Waals surface area contributed by atoms with Crippen molar-refractivity contribution >= 4 is 11.6 Å². The fourth-order valence-electron chi connectivity index (χ4n) is 2.81. The van der Waals surface area contributed by atoms with E-state index in [9.17, 15) is 0 Å². The van der Waals surface area contributed by atoms with Crippen LogP contribution in [0.15, 0.2) is 12.1 Å². The van der Waals surface area contributed by atoms with E-state index in [0.717, 1.165) is 61.8 Å². The largest absolute Gasteiger partial charge is 0.493 e. The Morgan fingerprint density at radius 1 is 1.22 bits per heavy atom. The third-order valence-electron chi connectivity index (χ3n) is 3.86. The Labute approximate surface area is 112 Å². The van der Waals surface area contributed by atoms with Gasteiger partial charge in [0, 0.05) is 30.2 Å². The molecule has 0 bridgehead atoms. The molecule has 1 fully saturated rings. The summed E-state index contributed by atoms with van der Waals surface area (Å²) in [5.74, 6) is 1.01. The summed E-state index contributed by atoms with van der Waals surface area (Å²) in [6.45, 7) is 2.25. The Bertz CT molecular complexity index is 455.